The number of methoxy groups -OCH3 is 2. The smallest absolute Gasteiger partial charge is 0.232 e. The third-order valence-corrected chi connectivity index (χ3v) is 5.62. The van der Waals surface area contributed by atoms with Crippen molar-refractivity contribution in [1.29, 1.82) is 0 Å². The number of nitrogens with one attached hydrogen (secondary N) is 1. The molecule has 0 spiro atoms. The van der Waals surface area contributed by atoms with Crippen LogP contribution in [-0.4, -0.2) is 42.5 Å². The Hall–Kier alpha value is -2.61. The van der Waals surface area contributed by atoms with Crippen molar-refractivity contribution in [1.82, 2.24) is 9.88 Å². The van der Waals surface area contributed by atoms with E-state index in [0.29, 0.717) is 23.2 Å². The van der Waals surface area contributed by atoms with E-state index in [1.165, 1.54) is 11.3 Å². The lowest BCUT2D eigenvalue weighted by atomic mass is 9.91. The summed E-state index contributed by atoms with van der Waals surface area (Å²) in [6, 6.07) is 5.14. The number of carbonyl (C=O) groups excluding carboxylic acids is 2. The maximum Gasteiger partial charge on any atom is 0.232 e. The number of carbonyl (C=O) groups is 2. The Kier molecular flexibility index (Phi) is 6.51. The number of hydrogen-bond donors (Lipinski definition) is 1. The zero-order valence-electron chi connectivity index (χ0n) is 16.3. The molecule has 1 aromatic carbocycles. The molecule has 1 aliphatic rings. The SMILES string of the molecule is CCCCN1C(=O)CC(C(=O)Nc2nccs2)C1c1cccc(OC)c1OC. The first-order valence-electron chi connectivity index (χ1n) is 9.31. The van der Waals surface area contributed by atoms with Crippen LogP contribution >= 0.6 is 11.3 Å². The van der Waals surface area contributed by atoms with Crippen molar-refractivity contribution in [2.45, 2.75) is 32.2 Å². The molecule has 7 nitrogen and oxygen atoms in total. The first-order valence-corrected chi connectivity index (χ1v) is 10.2. The highest BCUT2D eigenvalue weighted by atomic mass is 32.1. The maximum atomic E-state index is 13.0. The fourth-order valence-electron chi connectivity index (χ4n) is 3.63. The summed E-state index contributed by atoms with van der Waals surface area (Å²) in [6.45, 7) is 2.68. The first kappa shape index (κ1) is 20.1. The number of anilines is 1. The summed E-state index contributed by atoms with van der Waals surface area (Å²) in [5, 5.41) is 5.17. The van der Waals surface area contributed by atoms with E-state index in [-0.39, 0.29) is 18.2 Å². The van der Waals surface area contributed by atoms with E-state index in [1.807, 2.05) is 12.1 Å². The summed E-state index contributed by atoms with van der Waals surface area (Å²) in [6.07, 6.45) is 3.62. The predicted molar refractivity (Wildman–Crippen MR) is 108 cm³/mol. The molecule has 1 fully saturated rings. The van der Waals surface area contributed by atoms with Crippen LogP contribution in [0.25, 0.3) is 0 Å². The molecule has 0 aliphatic carbocycles. The molecule has 0 saturated carbocycles. The largest absolute Gasteiger partial charge is 0.493 e. The van der Waals surface area contributed by atoms with Crippen LogP contribution in [0, 0.1) is 5.92 Å². The number of ether oxygens (including phenoxy) is 2. The summed E-state index contributed by atoms with van der Waals surface area (Å²) in [7, 11) is 3.14. The lowest BCUT2D eigenvalue weighted by Gasteiger charge is -2.29. The van der Waals surface area contributed by atoms with Crippen LogP contribution < -0.4 is 14.8 Å². The van der Waals surface area contributed by atoms with Crippen LogP contribution in [0.4, 0.5) is 5.13 Å². The molecule has 1 saturated heterocycles. The third-order valence-electron chi connectivity index (χ3n) is 4.94. The average Bonchev–Trinajstić information content (AvgIpc) is 3.33. The van der Waals surface area contributed by atoms with Crippen molar-refractivity contribution in [3.63, 3.8) is 0 Å². The fraction of sp³-hybridized carbons (Fsp3) is 0.450. The van der Waals surface area contributed by atoms with E-state index in [4.69, 9.17) is 9.47 Å². The number of thiazole rings is 1. The topological polar surface area (TPSA) is 80.8 Å². The highest BCUT2D eigenvalue weighted by Gasteiger charge is 2.45. The predicted octanol–water partition coefficient (Wildman–Crippen LogP) is 3.49. The Morgan fingerprint density at radius 3 is 2.82 bits per heavy atom. The van der Waals surface area contributed by atoms with Crippen molar-refractivity contribution >= 4 is 28.3 Å². The lowest BCUT2D eigenvalue weighted by Crippen LogP contribution is -2.33. The zero-order valence-corrected chi connectivity index (χ0v) is 17.1. The molecular weight excluding hydrogens is 378 g/mol. The van der Waals surface area contributed by atoms with Crippen molar-refractivity contribution in [3.05, 3.63) is 35.3 Å². The summed E-state index contributed by atoms with van der Waals surface area (Å²) in [5.41, 5.74) is 0.781. The minimum Gasteiger partial charge on any atom is -0.493 e. The monoisotopic (exact) mass is 403 g/mol. The van der Waals surface area contributed by atoms with Crippen molar-refractivity contribution in [2.75, 3.05) is 26.1 Å². The number of unbranched alkanes of at least 4 members (excludes halogenated alkanes) is 1. The van der Waals surface area contributed by atoms with Crippen molar-refractivity contribution in [3.8, 4) is 11.5 Å². The highest BCUT2D eigenvalue weighted by Crippen LogP contribution is 2.45. The van der Waals surface area contributed by atoms with E-state index in [9.17, 15) is 9.59 Å². The molecule has 8 heteroatoms. The highest BCUT2D eigenvalue weighted by molar-refractivity contribution is 7.13. The minimum atomic E-state index is -0.533. The van der Waals surface area contributed by atoms with E-state index in [1.54, 1.807) is 36.8 Å². The molecule has 1 aliphatic heterocycles. The second-order valence-corrected chi connectivity index (χ2v) is 7.50. The summed E-state index contributed by atoms with van der Waals surface area (Å²) in [4.78, 5) is 31.7. The molecule has 2 aromatic rings. The van der Waals surface area contributed by atoms with Gasteiger partial charge in [-0.15, -0.1) is 11.3 Å². The van der Waals surface area contributed by atoms with Crippen LogP contribution in [0.5, 0.6) is 11.5 Å². The molecule has 2 amide bonds. The van der Waals surface area contributed by atoms with Gasteiger partial charge in [-0.25, -0.2) is 4.98 Å². The Morgan fingerprint density at radius 1 is 1.36 bits per heavy atom. The van der Waals surface area contributed by atoms with Crippen LogP contribution in [-0.2, 0) is 9.59 Å². The van der Waals surface area contributed by atoms with Crippen LogP contribution in [0.15, 0.2) is 29.8 Å². The van der Waals surface area contributed by atoms with E-state index in [2.05, 4.69) is 17.2 Å². The number of amides is 2. The summed E-state index contributed by atoms with van der Waals surface area (Å²) < 4.78 is 11.0. The molecule has 2 atom stereocenters. The van der Waals surface area contributed by atoms with Crippen molar-refractivity contribution in [2.24, 2.45) is 5.92 Å². The van der Waals surface area contributed by atoms with E-state index >= 15 is 0 Å². The van der Waals surface area contributed by atoms with Gasteiger partial charge < -0.3 is 19.7 Å². The van der Waals surface area contributed by atoms with Gasteiger partial charge in [0.1, 0.15) is 0 Å². The number of likely N-dealkylation sites (tertiary alicyclic amines) is 1. The van der Waals surface area contributed by atoms with Crippen LogP contribution in [0.1, 0.15) is 37.8 Å². The lowest BCUT2D eigenvalue weighted by molar-refractivity contribution is -0.129. The Balaban J connectivity index is 1.99. The minimum absolute atomic E-state index is 0.0254. The summed E-state index contributed by atoms with van der Waals surface area (Å²) in [5.74, 6) is 0.362. The van der Waals surface area contributed by atoms with Gasteiger partial charge in [-0.1, -0.05) is 25.5 Å². The number of hydrogen-bond acceptors (Lipinski definition) is 6. The van der Waals surface area contributed by atoms with Gasteiger partial charge in [0, 0.05) is 30.1 Å². The van der Waals surface area contributed by atoms with Gasteiger partial charge in [0.25, 0.3) is 0 Å². The number of rotatable bonds is 8. The molecule has 150 valence electrons. The molecule has 2 heterocycles. The van der Waals surface area contributed by atoms with Gasteiger partial charge in [0.2, 0.25) is 11.8 Å². The van der Waals surface area contributed by atoms with Gasteiger partial charge in [0.05, 0.1) is 26.2 Å². The number of nitrogens with zero attached hydrogens (tertiary/aromatic N) is 2. The summed E-state index contributed by atoms with van der Waals surface area (Å²) >= 11 is 1.35. The molecule has 2 unspecified atom stereocenters. The number of aromatic nitrogens is 1. The van der Waals surface area contributed by atoms with Gasteiger partial charge in [0.15, 0.2) is 16.6 Å². The molecule has 28 heavy (non-hydrogen) atoms. The molecular formula is C20H25N3O4S. The molecule has 0 bridgehead atoms. The molecule has 1 N–H and O–H groups in total. The third kappa shape index (κ3) is 3.96. The van der Waals surface area contributed by atoms with E-state index < -0.39 is 12.0 Å². The second-order valence-electron chi connectivity index (χ2n) is 6.61. The van der Waals surface area contributed by atoms with Crippen molar-refractivity contribution < 1.29 is 19.1 Å². The van der Waals surface area contributed by atoms with Gasteiger partial charge in [-0.3, -0.25) is 9.59 Å². The fourth-order valence-corrected chi connectivity index (χ4v) is 4.16. The number of para-hydroxylation sites is 1. The molecule has 0 radical (unpaired) electrons. The Morgan fingerprint density at radius 2 is 2.18 bits per heavy atom. The first-order chi connectivity index (χ1) is 13.6. The zero-order chi connectivity index (χ0) is 20.1. The quantitative estimate of drug-likeness (QED) is 0.730. The van der Waals surface area contributed by atoms with Gasteiger partial charge in [-0.05, 0) is 12.5 Å². The van der Waals surface area contributed by atoms with Crippen LogP contribution in [0.3, 0.4) is 0 Å². The average molecular weight is 404 g/mol. The molecule has 3 rings (SSSR count). The normalized spacial score (nSPS) is 19.0. The molecule has 1 aromatic heterocycles. The number of benzene rings is 1. The second kappa shape index (κ2) is 9.05. The van der Waals surface area contributed by atoms with Crippen LogP contribution in [0.2, 0.25) is 0 Å². The van der Waals surface area contributed by atoms with Gasteiger partial charge in [-0.2, -0.15) is 0 Å². The van der Waals surface area contributed by atoms with E-state index in [0.717, 1.165) is 18.4 Å². The maximum absolute atomic E-state index is 13.0. The Labute approximate surface area is 168 Å². The standard InChI is InChI=1S/C20H25N3O4S/c1-4-5-10-23-16(24)12-14(19(25)22-20-21-9-11-28-20)17(23)13-7-6-8-15(26-2)18(13)27-3/h6-9,11,14,17H,4-5,10,12H2,1-3H3,(H,21,22,25). The van der Waals surface area contributed by atoms with Gasteiger partial charge >= 0.3 is 0 Å². The Bertz CT molecular complexity index is 825.